The van der Waals surface area contributed by atoms with E-state index in [9.17, 15) is 10.1 Å². The molecule has 0 radical (unpaired) electrons. The summed E-state index contributed by atoms with van der Waals surface area (Å²) in [6.45, 7) is 5.93. The van der Waals surface area contributed by atoms with E-state index in [4.69, 9.17) is 4.74 Å². The summed E-state index contributed by atoms with van der Waals surface area (Å²) in [5.41, 5.74) is 3.99. The number of ether oxygens (including phenoxy) is 1. The zero-order valence-electron chi connectivity index (χ0n) is 15.8. The number of aryl methyl sites for hydroxylation is 2. The Bertz CT molecular complexity index is 676. The number of carbonyl (C=O) groups is 1. The highest BCUT2D eigenvalue weighted by atomic mass is 16.5. The van der Waals surface area contributed by atoms with Crippen molar-refractivity contribution in [3.8, 4) is 6.07 Å². The minimum Gasteiger partial charge on any atom is -0.390 e. The molecule has 0 aromatic heterocycles. The van der Waals surface area contributed by atoms with Gasteiger partial charge in [-0.15, -0.1) is 0 Å². The topological polar surface area (TPSA) is 74.1 Å². The molecular formula is C21H29N3O2. The molecule has 1 unspecified atom stereocenters. The quantitative estimate of drug-likeness (QED) is 0.405. The van der Waals surface area contributed by atoms with Crippen molar-refractivity contribution in [1.82, 2.24) is 10.6 Å². The van der Waals surface area contributed by atoms with Gasteiger partial charge in [0.25, 0.3) is 5.91 Å². The Balaban J connectivity index is 1.89. The number of rotatable bonds is 9. The van der Waals surface area contributed by atoms with Gasteiger partial charge in [-0.25, -0.2) is 0 Å². The number of hydrogen-bond acceptors (Lipinski definition) is 4. The van der Waals surface area contributed by atoms with E-state index in [-0.39, 0.29) is 17.5 Å². The molecule has 2 rings (SSSR count). The highest BCUT2D eigenvalue weighted by Crippen LogP contribution is 2.24. The second kappa shape index (κ2) is 10.6. The summed E-state index contributed by atoms with van der Waals surface area (Å²) in [7, 11) is 0. The molecular weight excluding hydrogens is 326 g/mol. The fraction of sp³-hybridized carbons (Fsp3) is 0.524. The molecule has 0 saturated carbocycles. The molecule has 1 aliphatic carbocycles. The minimum absolute atomic E-state index is 0.0891. The standard InChI is InChI=1S/C21H29N3O2/c1-3-26-12-6-11-23-15-20(14-22)21(25)24-16(2)18-10-9-17-7-4-5-8-19(17)13-18/h9-10,13,15-16,23H,3-8,11-12H2,1-2H3,(H,24,25)/b20-15-. The summed E-state index contributed by atoms with van der Waals surface area (Å²) < 4.78 is 5.25. The normalized spacial score (nSPS) is 14.9. The van der Waals surface area contributed by atoms with Crippen molar-refractivity contribution in [2.45, 2.75) is 52.0 Å². The number of nitrogens with one attached hydrogen (secondary N) is 2. The maximum Gasteiger partial charge on any atom is 0.263 e. The molecule has 0 aliphatic heterocycles. The molecule has 140 valence electrons. The zero-order chi connectivity index (χ0) is 18.8. The predicted molar refractivity (Wildman–Crippen MR) is 102 cm³/mol. The van der Waals surface area contributed by atoms with Crippen molar-refractivity contribution in [3.63, 3.8) is 0 Å². The minimum atomic E-state index is -0.352. The zero-order valence-corrected chi connectivity index (χ0v) is 15.8. The lowest BCUT2D eigenvalue weighted by Gasteiger charge is -2.20. The first-order chi connectivity index (χ1) is 12.7. The van der Waals surface area contributed by atoms with Crippen molar-refractivity contribution in [2.75, 3.05) is 19.8 Å². The number of benzene rings is 1. The van der Waals surface area contributed by atoms with Gasteiger partial charge in [-0.05, 0) is 62.6 Å². The van der Waals surface area contributed by atoms with E-state index in [0.717, 1.165) is 24.8 Å². The number of amides is 1. The summed E-state index contributed by atoms with van der Waals surface area (Å²) in [4.78, 5) is 12.3. The fourth-order valence-corrected chi connectivity index (χ4v) is 3.12. The first-order valence-corrected chi connectivity index (χ1v) is 9.49. The van der Waals surface area contributed by atoms with E-state index in [2.05, 4.69) is 28.8 Å². The van der Waals surface area contributed by atoms with Gasteiger partial charge >= 0.3 is 0 Å². The molecule has 0 bridgehead atoms. The molecule has 0 spiro atoms. The number of nitriles is 1. The lowest BCUT2D eigenvalue weighted by Crippen LogP contribution is -2.28. The molecule has 5 nitrogen and oxygen atoms in total. The van der Waals surface area contributed by atoms with E-state index in [1.54, 1.807) is 0 Å². The Labute approximate surface area is 156 Å². The second-order valence-corrected chi connectivity index (χ2v) is 6.60. The van der Waals surface area contributed by atoms with E-state index >= 15 is 0 Å². The molecule has 1 aromatic carbocycles. The van der Waals surface area contributed by atoms with Crippen LogP contribution in [0.2, 0.25) is 0 Å². The number of nitrogens with zero attached hydrogens (tertiary/aromatic N) is 1. The van der Waals surface area contributed by atoms with Crippen LogP contribution in [0.1, 0.15) is 55.8 Å². The summed E-state index contributed by atoms with van der Waals surface area (Å²) in [5, 5.41) is 15.2. The molecule has 5 heteroatoms. The maximum atomic E-state index is 12.3. The van der Waals surface area contributed by atoms with Crippen LogP contribution < -0.4 is 10.6 Å². The van der Waals surface area contributed by atoms with Crippen molar-refractivity contribution in [2.24, 2.45) is 0 Å². The van der Waals surface area contributed by atoms with Crippen LogP contribution in [0.3, 0.4) is 0 Å². The first-order valence-electron chi connectivity index (χ1n) is 9.49. The van der Waals surface area contributed by atoms with Crippen molar-refractivity contribution < 1.29 is 9.53 Å². The van der Waals surface area contributed by atoms with Gasteiger partial charge < -0.3 is 15.4 Å². The molecule has 0 saturated heterocycles. The molecule has 26 heavy (non-hydrogen) atoms. The van der Waals surface area contributed by atoms with E-state index in [1.165, 1.54) is 30.2 Å². The Morgan fingerprint density at radius 1 is 1.35 bits per heavy atom. The van der Waals surface area contributed by atoms with Crippen LogP contribution in [-0.2, 0) is 22.4 Å². The largest absolute Gasteiger partial charge is 0.390 e. The van der Waals surface area contributed by atoms with Gasteiger partial charge in [0.1, 0.15) is 11.6 Å². The predicted octanol–water partition coefficient (Wildman–Crippen LogP) is 3.17. The fourth-order valence-electron chi connectivity index (χ4n) is 3.12. The van der Waals surface area contributed by atoms with Crippen LogP contribution in [0.4, 0.5) is 0 Å². The van der Waals surface area contributed by atoms with E-state index < -0.39 is 0 Å². The third kappa shape index (κ3) is 5.89. The Kier molecular flexibility index (Phi) is 8.17. The third-order valence-electron chi connectivity index (χ3n) is 4.65. The van der Waals surface area contributed by atoms with Crippen LogP contribution >= 0.6 is 0 Å². The van der Waals surface area contributed by atoms with Gasteiger partial charge in [-0.1, -0.05) is 18.2 Å². The Morgan fingerprint density at radius 2 is 2.12 bits per heavy atom. The van der Waals surface area contributed by atoms with Crippen LogP contribution in [0.5, 0.6) is 0 Å². The lowest BCUT2D eigenvalue weighted by molar-refractivity contribution is -0.117. The summed E-state index contributed by atoms with van der Waals surface area (Å²) in [6, 6.07) is 8.28. The van der Waals surface area contributed by atoms with Gasteiger partial charge in [-0.3, -0.25) is 4.79 Å². The van der Waals surface area contributed by atoms with Crippen LogP contribution in [-0.4, -0.2) is 25.7 Å². The Morgan fingerprint density at radius 3 is 2.85 bits per heavy atom. The van der Waals surface area contributed by atoms with Crippen LogP contribution in [0.25, 0.3) is 0 Å². The van der Waals surface area contributed by atoms with Gasteiger partial charge in [0.15, 0.2) is 0 Å². The second-order valence-electron chi connectivity index (χ2n) is 6.60. The summed E-state index contributed by atoms with van der Waals surface area (Å²) in [5.74, 6) is -0.352. The van der Waals surface area contributed by atoms with Gasteiger partial charge in [0, 0.05) is 26.0 Å². The van der Waals surface area contributed by atoms with Crippen molar-refractivity contribution in [1.29, 1.82) is 5.26 Å². The average molecular weight is 355 g/mol. The molecule has 0 fully saturated rings. The van der Waals surface area contributed by atoms with Gasteiger partial charge in [0.05, 0.1) is 6.04 Å². The molecule has 1 amide bonds. The van der Waals surface area contributed by atoms with Gasteiger partial charge in [0.2, 0.25) is 0 Å². The molecule has 2 N–H and O–H groups in total. The molecule has 0 heterocycles. The van der Waals surface area contributed by atoms with Gasteiger partial charge in [-0.2, -0.15) is 5.26 Å². The first kappa shape index (κ1) is 20.0. The SMILES string of the molecule is CCOCCCN/C=C(/C#N)C(=O)NC(C)c1ccc2c(c1)CCCC2. The third-order valence-corrected chi connectivity index (χ3v) is 4.65. The highest BCUT2D eigenvalue weighted by molar-refractivity contribution is 5.97. The molecule has 1 aliphatic rings. The monoisotopic (exact) mass is 355 g/mol. The van der Waals surface area contributed by atoms with E-state index in [1.807, 2.05) is 19.9 Å². The Hall–Kier alpha value is -2.32. The number of fused-ring (bicyclic) bond motifs is 1. The maximum absolute atomic E-state index is 12.3. The number of hydrogen-bond donors (Lipinski definition) is 2. The van der Waals surface area contributed by atoms with Crippen molar-refractivity contribution in [3.05, 3.63) is 46.7 Å². The molecule has 1 aromatic rings. The summed E-state index contributed by atoms with van der Waals surface area (Å²) >= 11 is 0. The van der Waals surface area contributed by atoms with Crippen molar-refractivity contribution >= 4 is 5.91 Å². The smallest absolute Gasteiger partial charge is 0.263 e. The van der Waals surface area contributed by atoms with Crippen LogP contribution in [0.15, 0.2) is 30.0 Å². The van der Waals surface area contributed by atoms with E-state index in [0.29, 0.717) is 19.8 Å². The number of carbonyl (C=O) groups excluding carboxylic acids is 1. The van der Waals surface area contributed by atoms with Crippen LogP contribution in [0, 0.1) is 11.3 Å². The molecule has 1 atom stereocenters. The lowest BCUT2D eigenvalue weighted by atomic mass is 9.89. The summed E-state index contributed by atoms with van der Waals surface area (Å²) in [6.07, 6.45) is 7.06. The highest BCUT2D eigenvalue weighted by Gasteiger charge is 2.16. The average Bonchev–Trinajstić information content (AvgIpc) is 2.67.